The maximum Gasteiger partial charge on any atom is 0.253 e. The quantitative estimate of drug-likeness (QED) is 0.782. The molecule has 2 heterocycles. The van der Waals surface area contributed by atoms with E-state index in [1.54, 1.807) is 7.11 Å². The molecule has 5 heteroatoms. The van der Waals surface area contributed by atoms with Crippen LogP contribution >= 0.6 is 0 Å². The highest BCUT2D eigenvalue weighted by molar-refractivity contribution is 5.99. The number of benzene rings is 2. The molecule has 1 N–H and O–H groups in total. The van der Waals surface area contributed by atoms with Crippen LogP contribution in [-0.2, 0) is 0 Å². The van der Waals surface area contributed by atoms with E-state index in [2.05, 4.69) is 10.3 Å². The average Bonchev–Trinajstić information content (AvgIpc) is 2.67. The van der Waals surface area contributed by atoms with Crippen LogP contribution in [0.2, 0.25) is 0 Å². The van der Waals surface area contributed by atoms with Gasteiger partial charge in [0.05, 0.1) is 36.5 Å². The van der Waals surface area contributed by atoms with Crippen LogP contribution in [0.15, 0.2) is 48.5 Å². The van der Waals surface area contributed by atoms with Gasteiger partial charge in [-0.15, -0.1) is 0 Å². The highest BCUT2D eigenvalue weighted by atomic mass is 16.5. The van der Waals surface area contributed by atoms with Gasteiger partial charge in [0, 0.05) is 23.4 Å². The third-order valence-corrected chi connectivity index (χ3v) is 4.72. The number of rotatable bonds is 3. The Morgan fingerprint density at radius 2 is 2.08 bits per heavy atom. The van der Waals surface area contributed by atoms with E-state index in [9.17, 15) is 4.79 Å². The van der Waals surface area contributed by atoms with Crippen molar-refractivity contribution in [1.82, 2.24) is 10.3 Å². The molecule has 1 aliphatic rings. The molecule has 0 aliphatic carbocycles. The summed E-state index contributed by atoms with van der Waals surface area (Å²) in [6.07, 6.45) is 0.750. The predicted octanol–water partition coefficient (Wildman–Crippen LogP) is 3.81. The Morgan fingerprint density at radius 3 is 2.92 bits per heavy atom. The molecule has 5 nitrogen and oxygen atoms in total. The van der Waals surface area contributed by atoms with Crippen LogP contribution in [0.25, 0.3) is 10.9 Å². The van der Waals surface area contributed by atoms with E-state index < -0.39 is 0 Å². The predicted molar refractivity (Wildman–Crippen MR) is 99.8 cm³/mol. The van der Waals surface area contributed by atoms with E-state index >= 15 is 0 Å². The van der Waals surface area contributed by atoms with Crippen molar-refractivity contribution in [2.45, 2.75) is 19.4 Å². The van der Waals surface area contributed by atoms with Gasteiger partial charge in [-0.2, -0.15) is 0 Å². The van der Waals surface area contributed by atoms with Crippen LogP contribution in [-0.4, -0.2) is 24.6 Å². The summed E-state index contributed by atoms with van der Waals surface area (Å²) in [5.41, 5.74) is 3.12. The van der Waals surface area contributed by atoms with Crippen LogP contribution < -0.4 is 14.8 Å². The minimum atomic E-state index is -0.116. The van der Waals surface area contributed by atoms with Gasteiger partial charge in [-0.1, -0.05) is 18.2 Å². The Hall–Kier alpha value is -3.08. The van der Waals surface area contributed by atoms with Gasteiger partial charge in [0.2, 0.25) is 0 Å². The molecule has 1 aromatic heterocycles. The molecule has 0 bridgehead atoms. The zero-order valence-corrected chi connectivity index (χ0v) is 14.8. The Kier molecular flexibility index (Phi) is 4.21. The molecular weight excluding hydrogens is 328 g/mol. The number of aryl methyl sites for hydroxylation is 1. The van der Waals surface area contributed by atoms with Gasteiger partial charge in [0.25, 0.3) is 5.91 Å². The number of pyridine rings is 1. The van der Waals surface area contributed by atoms with Crippen LogP contribution in [0.3, 0.4) is 0 Å². The number of ether oxygens (including phenoxy) is 2. The number of amides is 1. The van der Waals surface area contributed by atoms with Crippen LogP contribution in [0.4, 0.5) is 0 Å². The van der Waals surface area contributed by atoms with Gasteiger partial charge in [-0.05, 0) is 31.2 Å². The molecule has 3 aromatic rings. The first-order valence-corrected chi connectivity index (χ1v) is 8.63. The first kappa shape index (κ1) is 16.4. The minimum Gasteiger partial charge on any atom is -0.497 e. The number of hydrogen-bond acceptors (Lipinski definition) is 4. The standard InChI is InChI=1S/C21H20N2O3/c1-13-17(11-14-7-8-15(25-2)12-19(14)22-13)21(24)23-18-9-10-26-20-6-4-3-5-16(18)20/h3-8,11-12,18H,9-10H2,1-2H3,(H,23,24)/t18-/m1/s1. The molecule has 0 fully saturated rings. The molecule has 0 unspecified atom stereocenters. The summed E-state index contributed by atoms with van der Waals surface area (Å²) < 4.78 is 10.9. The van der Waals surface area contributed by atoms with Gasteiger partial charge in [-0.3, -0.25) is 9.78 Å². The van der Waals surface area contributed by atoms with Gasteiger partial charge >= 0.3 is 0 Å². The van der Waals surface area contributed by atoms with E-state index in [4.69, 9.17) is 9.47 Å². The number of nitrogens with one attached hydrogen (secondary N) is 1. The first-order valence-electron chi connectivity index (χ1n) is 8.63. The Balaban J connectivity index is 1.64. The lowest BCUT2D eigenvalue weighted by molar-refractivity contribution is 0.0924. The minimum absolute atomic E-state index is 0.0570. The number of aromatic nitrogens is 1. The zero-order valence-electron chi connectivity index (χ0n) is 14.8. The molecule has 0 saturated heterocycles. The monoisotopic (exact) mass is 348 g/mol. The molecule has 2 aromatic carbocycles. The third kappa shape index (κ3) is 2.96. The van der Waals surface area contributed by atoms with E-state index in [1.807, 2.05) is 55.5 Å². The van der Waals surface area contributed by atoms with Crippen molar-refractivity contribution in [2.75, 3.05) is 13.7 Å². The second-order valence-electron chi connectivity index (χ2n) is 6.38. The number of hydrogen-bond donors (Lipinski definition) is 1. The van der Waals surface area contributed by atoms with Crippen molar-refractivity contribution in [3.05, 3.63) is 65.4 Å². The zero-order chi connectivity index (χ0) is 18.1. The highest BCUT2D eigenvalue weighted by Crippen LogP contribution is 2.32. The summed E-state index contributed by atoms with van der Waals surface area (Å²) in [6, 6.07) is 15.3. The molecule has 0 radical (unpaired) electrons. The SMILES string of the molecule is COc1ccc2cc(C(=O)N[C@@H]3CCOc4ccccc43)c(C)nc2c1. The first-order chi connectivity index (χ1) is 12.7. The fourth-order valence-corrected chi connectivity index (χ4v) is 3.33. The number of carbonyl (C=O) groups is 1. The molecule has 26 heavy (non-hydrogen) atoms. The molecule has 4 rings (SSSR count). The highest BCUT2D eigenvalue weighted by Gasteiger charge is 2.24. The second-order valence-corrected chi connectivity index (χ2v) is 6.38. The normalized spacial score (nSPS) is 15.8. The van der Waals surface area contributed by atoms with Crippen molar-refractivity contribution in [1.29, 1.82) is 0 Å². The fraction of sp³-hybridized carbons (Fsp3) is 0.238. The van der Waals surface area contributed by atoms with Crippen molar-refractivity contribution in [3.8, 4) is 11.5 Å². The summed E-state index contributed by atoms with van der Waals surface area (Å²) in [4.78, 5) is 17.5. The van der Waals surface area contributed by atoms with E-state index in [0.717, 1.165) is 34.4 Å². The number of carbonyl (C=O) groups excluding carboxylic acids is 1. The number of methoxy groups -OCH3 is 1. The molecule has 1 atom stereocenters. The lowest BCUT2D eigenvalue weighted by atomic mass is 10.00. The molecular formula is C21H20N2O3. The lowest BCUT2D eigenvalue weighted by Gasteiger charge is -2.26. The third-order valence-electron chi connectivity index (χ3n) is 4.72. The smallest absolute Gasteiger partial charge is 0.253 e. The molecule has 0 spiro atoms. The van der Waals surface area contributed by atoms with E-state index in [1.165, 1.54) is 0 Å². The number of para-hydroxylation sites is 1. The molecule has 1 aliphatic heterocycles. The van der Waals surface area contributed by atoms with Crippen molar-refractivity contribution in [3.63, 3.8) is 0 Å². The van der Waals surface area contributed by atoms with E-state index in [0.29, 0.717) is 17.9 Å². The van der Waals surface area contributed by atoms with Crippen LogP contribution in [0.5, 0.6) is 11.5 Å². The largest absolute Gasteiger partial charge is 0.497 e. The van der Waals surface area contributed by atoms with Crippen LogP contribution in [0.1, 0.15) is 34.1 Å². The van der Waals surface area contributed by atoms with Crippen molar-refractivity contribution < 1.29 is 14.3 Å². The number of nitrogens with zero attached hydrogens (tertiary/aromatic N) is 1. The summed E-state index contributed by atoms with van der Waals surface area (Å²) in [7, 11) is 1.63. The second kappa shape index (κ2) is 6.67. The maximum atomic E-state index is 12.9. The average molecular weight is 348 g/mol. The molecule has 132 valence electrons. The van der Waals surface area contributed by atoms with Crippen LogP contribution in [0, 0.1) is 6.92 Å². The van der Waals surface area contributed by atoms with Crippen molar-refractivity contribution >= 4 is 16.8 Å². The summed E-state index contributed by atoms with van der Waals surface area (Å²) in [5.74, 6) is 1.47. The topological polar surface area (TPSA) is 60.5 Å². The molecule has 0 saturated carbocycles. The van der Waals surface area contributed by atoms with Gasteiger partial charge < -0.3 is 14.8 Å². The summed E-state index contributed by atoms with van der Waals surface area (Å²) >= 11 is 0. The fourth-order valence-electron chi connectivity index (χ4n) is 3.33. The van der Waals surface area contributed by atoms with Gasteiger partial charge in [0.15, 0.2) is 0 Å². The summed E-state index contributed by atoms with van der Waals surface area (Å²) in [5, 5.41) is 4.05. The van der Waals surface area contributed by atoms with Crippen molar-refractivity contribution in [2.24, 2.45) is 0 Å². The Bertz CT molecular complexity index is 984. The molecule has 1 amide bonds. The van der Waals surface area contributed by atoms with Gasteiger partial charge in [-0.25, -0.2) is 0 Å². The summed E-state index contributed by atoms with van der Waals surface area (Å²) in [6.45, 7) is 2.45. The maximum absolute atomic E-state index is 12.9. The number of fused-ring (bicyclic) bond motifs is 2. The Labute approximate surface area is 152 Å². The Morgan fingerprint density at radius 1 is 1.23 bits per heavy atom. The lowest BCUT2D eigenvalue weighted by Crippen LogP contribution is -2.32. The van der Waals surface area contributed by atoms with E-state index in [-0.39, 0.29) is 11.9 Å². The van der Waals surface area contributed by atoms with Gasteiger partial charge in [0.1, 0.15) is 11.5 Å².